The quantitative estimate of drug-likeness (QED) is 0.557. The zero-order chi connectivity index (χ0) is 22.2. The maximum atomic E-state index is 13.5. The first kappa shape index (κ1) is 21.7. The van der Waals surface area contributed by atoms with Gasteiger partial charge in [-0.3, -0.25) is 9.78 Å². The normalized spacial score (nSPS) is 13.6. The molecule has 2 N–H and O–H groups in total. The maximum absolute atomic E-state index is 13.5. The van der Waals surface area contributed by atoms with E-state index in [2.05, 4.69) is 20.5 Å². The summed E-state index contributed by atoms with van der Waals surface area (Å²) in [4.78, 5) is 24.1. The van der Waals surface area contributed by atoms with Gasteiger partial charge in [-0.2, -0.15) is 0 Å². The number of nitrogens with one attached hydrogen (secondary N) is 2. The Labute approximate surface area is 187 Å². The minimum absolute atomic E-state index is 0.195. The first-order valence-corrected chi connectivity index (χ1v) is 11.1. The second kappa shape index (κ2) is 10.7. The van der Waals surface area contributed by atoms with Crippen molar-refractivity contribution in [3.05, 3.63) is 83.4 Å². The number of hydrogen-bond acceptors (Lipinski definition) is 5. The number of pyridine rings is 2. The van der Waals surface area contributed by atoms with Gasteiger partial charge in [0.2, 0.25) is 0 Å². The number of nitrogens with zero attached hydrogens (tertiary/aromatic N) is 3. The second-order valence-electron chi connectivity index (χ2n) is 7.96. The van der Waals surface area contributed by atoms with Crippen molar-refractivity contribution < 1.29 is 9.18 Å². The van der Waals surface area contributed by atoms with Gasteiger partial charge in [-0.25, -0.2) is 9.37 Å². The van der Waals surface area contributed by atoms with Crippen molar-refractivity contribution in [2.24, 2.45) is 0 Å². The van der Waals surface area contributed by atoms with E-state index in [1.807, 2.05) is 30.3 Å². The number of benzene rings is 1. The zero-order valence-electron chi connectivity index (χ0n) is 18.1. The summed E-state index contributed by atoms with van der Waals surface area (Å²) in [6, 6.07) is 14.1. The summed E-state index contributed by atoms with van der Waals surface area (Å²) in [7, 11) is 0. The Morgan fingerprint density at radius 1 is 1.03 bits per heavy atom. The van der Waals surface area contributed by atoms with E-state index in [-0.39, 0.29) is 11.7 Å². The van der Waals surface area contributed by atoms with Crippen LogP contribution in [0.2, 0.25) is 0 Å². The molecule has 166 valence electrons. The average molecular weight is 434 g/mol. The minimum Gasteiger partial charge on any atom is -0.369 e. The Morgan fingerprint density at radius 3 is 2.66 bits per heavy atom. The maximum Gasteiger partial charge on any atom is 0.255 e. The molecular formula is C25H28FN5O. The lowest BCUT2D eigenvalue weighted by Gasteiger charge is -2.28. The Hall–Kier alpha value is -3.48. The average Bonchev–Trinajstić information content (AvgIpc) is 2.84. The van der Waals surface area contributed by atoms with Crippen LogP contribution in [0, 0.1) is 5.82 Å². The van der Waals surface area contributed by atoms with Gasteiger partial charge >= 0.3 is 0 Å². The van der Waals surface area contributed by atoms with Crippen molar-refractivity contribution in [2.75, 3.05) is 29.9 Å². The fourth-order valence-electron chi connectivity index (χ4n) is 3.86. The lowest BCUT2D eigenvalue weighted by atomic mass is 10.1. The summed E-state index contributed by atoms with van der Waals surface area (Å²) in [6.07, 6.45) is 7.61. The standard InChI is InChI=1S/C25H28FN5O/c26-21-8-4-6-19(16-21)11-13-28-24-22(25(32)29-18-20-7-5-12-27-17-20)9-10-23(30-24)31-14-2-1-3-15-31/h4-10,12,16-17H,1-3,11,13-15,18H2,(H,28,30)(H,29,32). The highest BCUT2D eigenvalue weighted by molar-refractivity contribution is 5.99. The predicted molar refractivity (Wildman–Crippen MR) is 124 cm³/mol. The SMILES string of the molecule is O=C(NCc1cccnc1)c1ccc(N2CCCCC2)nc1NCCc1cccc(F)c1. The monoisotopic (exact) mass is 433 g/mol. The van der Waals surface area contributed by atoms with Crippen LogP contribution < -0.4 is 15.5 Å². The van der Waals surface area contributed by atoms with Crippen molar-refractivity contribution in [1.82, 2.24) is 15.3 Å². The molecule has 0 spiro atoms. The van der Waals surface area contributed by atoms with Crippen molar-refractivity contribution in [3.8, 4) is 0 Å². The van der Waals surface area contributed by atoms with Crippen LogP contribution in [0.4, 0.5) is 16.0 Å². The molecule has 1 aliphatic rings. The lowest BCUT2D eigenvalue weighted by Crippen LogP contribution is -2.31. The second-order valence-corrected chi connectivity index (χ2v) is 7.96. The summed E-state index contributed by atoms with van der Waals surface area (Å²) in [5.41, 5.74) is 2.32. The third-order valence-corrected chi connectivity index (χ3v) is 5.58. The first-order chi connectivity index (χ1) is 15.7. The molecule has 2 aromatic heterocycles. The minimum atomic E-state index is -0.247. The first-order valence-electron chi connectivity index (χ1n) is 11.1. The molecule has 0 unspecified atom stereocenters. The molecule has 0 bridgehead atoms. The van der Waals surface area contributed by atoms with Crippen molar-refractivity contribution in [3.63, 3.8) is 0 Å². The predicted octanol–water partition coefficient (Wildman–Crippen LogP) is 4.19. The fourth-order valence-corrected chi connectivity index (χ4v) is 3.86. The van der Waals surface area contributed by atoms with Gasteiger partial charge in [0.15, 0.2) is 0 Å². The number of carbonyl (C=O) groups is 1. The van der Waals surface area contributed by atoms with Gasteiger partial charge in [0, 0.05) is 38.6 Å². The number of carbonyl (C=O) groups excluding carboxylic acids is 1. The van der Waals surface area contributed by atoms with Crippen LogP contribution in [0.1, 0.15) is 40.7 Å². The van der Waals surface area contributed by atoms with Gasteiger partial charge in [0.1, 0.15) is 17.5 Å². The van der Waals surface area contributed by atoms with Crippen LogP contribution in [0.15, 0.2) is 60.9 Å². The van der Waals surface area contributed by atoms with E-state index in [0.29, 0.717) is 30.9 Å². The number of rotatable bonds is 8. The highest BCUT2D eigenvalue weighted by Crippen LogP contribution is 2.23. The van der Waals surface area contributed by atoms with Crippen molar-refractivity contribution in [1.29, 1.82) is 0 Å². The number of hydrogen-bond donors (Lipinski definition) is 2. The fraction of sp³-hybridized carbons (Fsp3) is 0.320. The molecule has 32 heavy (non-hydrogen) atoms. The van der Waals surface area contributed by atoms with Crippen LogP contribution in [0.3, 0.4) is 0 Å². The number of halogens is 1. The van der Waals surface area contributed by atoms with Crippen molar-refractivity contribution >= 4 is 17.5 Å². The Kier molecular flexibility index (Phi) is 7.27. The van der Waals surface area contributed by atoms with Crippen LogP contribution in [0.5, 0.6) is 0 Å². The molecule has 3 heterocycles. The Balaban J connectivity index is 1.48. The molecule has 0 aliphatic carbocycles. The zero-order valence-corrected chi connectivity index (χ0v) is 18.1. The lowest BCUT2D eigenvalue weighted by molar-refractivity contribution is 0.0951. The summed E-state index contributed by atoms with van der Waals surface area (Å²) in [5.74, 6) is 0.984. The molecule has 1 aliphatic heterocycles. The summed E-state index contributed by atoms with van der Waals surface area (Å²) in [6.45, 7) is 2.89. The van der Waals surface area contributed by atoms with Gasteiger partial charge in [0.05, 0.1) is 5.56 Å². The van der Waals surface area contributed by atoms with E-state index < -0.39 is 0 Å². The van der Waals surface area contributed by atoms with E-state index in [9.17, 15) is 9.18 Å². The molecule has 1 saturated heterocycles. The van der Waals surface area contributed by atoms with E-state index >= 15 is 0 Å². The van der Waals surface area contributed by atoms with Crippen LogP contribution in [-0.4, -0.2) is 35.5 Å². The molecule has 0 atom stereocenters. The van der Waals surface area contributed by atoms with Crippen molar-refractivity contribution in [2.45, 2.75) is 32.2 Å². The van der Waals surface area contributed by atoms with Gasteiger partial charge in [-0.1, -0.05) is 18.2 Å². The van der Waals surface area contributed by atoms with Crippen LogP contribution in [0.25, 0.3) is 0 Å². The van der Waals surface area contributed by atoms with E-state index in [1.165, 1.54) is 18.6 Å². The summed E-state index contributed by atoms with van der Waals surface area (Å²) < 4.78 is 13.5. The highest BCUT2D eigenvalue weighted by atomic mass is 19.1. The topological polar surface area (TPSA) is 70.2 Å². The van der Waals surface area contributed by atoms with Gasteiger partial charge < -0.3 is 15.5 Å². The Morgan fingerprint density at radius 2 is 1.88 bits per heavy atom. The third-order valence-electron chi connectivity index (χ3n) is 5.58. The van der Waals surface area contributed by atoms with Gasteiger partial charge in [-0.15, -0.1) is 0 Å². The molecule has 1 aromatic carbocycles. The number of aromatic nitrogens is 2. The van der Waals surface area contributed by atoms with E-state index in [0.717, 1.165) is 42.9 Å². The van der Waals surface area contributed by atoms with E-state index in [4.69, 9.17) is 4.98 Å². The van der Waals surface area contributed by atoms with E-state index in [1.54, 1.807) is 18.5 Å². The molecule has 3 aromatic rings. The highest BCUT2D eigenvalue weighted by Gasteiger charge is 2.17. The number of anilines is 2. The van der Waals surface area contributed by atoms with Gasteiger partial charge in [0.25, 0.3) is 5.91 Å². The molecule has 7 heteroatoms. The largest absolute Gasteiger partial charge is 0.369 e. The van der Waals surface area contributed by atoms with Crippen LogP contribution >= 0.6 is 0 Å². The molecule has 0 radical (unpaired) electrons. The molecule has 0 saturated carbocycles. The smallest absolute Gasteiger partial charge is 0.255 e. The number of piperidine rings is 1. The third kappa shape index (κ3) is 5.81. The van der Waals surface area contributed by atoms with Crippen LogP contribution in [-0.2, 0) is 13.0 Å². The summed E-state index contributed by atoms with van der Waals surface area (Å²) >= 11 is 0. The molecule has 1 fully saturated rings. The Bertz CT molecular complexity index is 1040. The molecule has 1 amide bonds. The molecular weight excluding hydrogens is 405 g/mol. The van der Waals surface area contributed by atoms with Gasteiger partial charge in [-0.05, 0) is 67.1 Å². The number of amides is 1. The molecule has 4 rings (SSSR count). The summed E-state index contributed by atoms with van der Waals surface area (Å²) in [5, 5.41) is 6.25. The molecule has 6 nitrogen and oxygen atoms in total.